The number of hydrogen-bond donors (Lipinski definition) is 0. The Morgan fingerprint density at radius 3 is 1.45 bits per heavy atom. The molecule has 0 spiro atoms. The van der Waals surface area contributed by atoms with Gasteiger partial charge in [0.25, 0.3) is 0 Å². The third-order valence-corrected chi connectivity index (χ3v) is 9.96. The molecule has 53 heavy (non-hydrogen) atoms. The molecule has 0 saturated carbocycles. The molecule has 0 saturated heterocycles. The predicted octanol–water partition coefficient (Wildman–Crippen LogP) is 14.7. The molecule has 1 heteroatoms. The van der Waals surface area contributed by atoms with E-state index in [0.29, 0.717) is 33.6 Å². The first-order valence-electron chi connectivity index (χ1n) is 21.5. The number of benzene rings is 9. The van der Waals surface area contributed by atoms with Crippen LogP contribution in [0.5, 0.6) is 0 Å². The molecule has 10 rings (SSSR count). The van der Waals surface area contributed by atoms with Gasteiger partial charge in [-0.25, -0.2) is 0 Å². The molecule has 1 aromatic heterocycles. The largest absolute Gasteiger partial charge is 0.456 e. The topological polar surface area (TPSA) is 13.1 Å². The first kappa shape index (κ1) is 23.5. The van der Waals surface area contributed by atoms with Crippen LogP contribution in [0.2, 0.25) is 0 Å². The van der Waals surface area contributed by atoms with Crippen LogP contribution in [0.1, 0.15) is 11.0 Å². The van der Waals surface area contributed by atoms with Crippen LogP contribution in [0.15, 0.2) is 210 Å². The Bertz CT molecular complexity index is 3300. The van der Waals surface area contributed by atoms with Gasteiger partial charge in [-0.05, 0) is 95.4 Å². The second-order valence-electron chi connectivity index (χ2n) is 13.0. The minimum absolute atomic E-state index is 0.171. The Kier molecular flexibility index (Phi) is 5.76. The van der Waals surface area contributed by atoms with E-state index >= 15 is 0 Å². The molecule has 0 fully saturated rings. The average Bonchev–Trinajstić information content (AvgIpc) is 3.76. The van der Waals surface area contributed by atoms with Gasteiger partial charge in [0.1, 0.15) is 11.3 Å². The fourth-order valence-corrected chi connectivity index (χ4v) is 7.52. The molecule has 0 aliphatic heterocycles. The third kappa shape index (κ3) is 5.42. The number of hydrogen-bond acceptors (Lipinski definition) is 1. The van der Waals surface area contributed by atoms with Crippen molar-refractivity contribution >= 4 is 32.5 Å². The fraction of sp³-hybridized carbons (Fsp3) is 0. The lowest BCUT2D eigenvalue weighted by Crippen LogP contribution is -1.91. The minimum Gasteiger partial charge on any atom is -0.456 e. The summed E-state index contributed by atoms with van der Waals surface area (Å²) in [5, 5.41) is 1.56. The van der Waals surface area contributed by atoms with Crippen molar-refractivity contribution in [2.24, 2.45) is 0 Å². The maximum absolute atomic E-state index is 9.41. The zero-order chi connectivity index (χ0) is 42.1. The second-order valence-corrected chi connectivity index (χ2v) is 13.0. The molecule has 9 aromatic carbocycles. The van der Waals surface area contributed by atoms with Gasteiger partial charge in [-0.2, -0.15) is 0 Å². The quantitative estimate of drug-likeness (QED) is 0.159. The molecule has 0 aliphatic rings. The van der Waals surface area contributed by atoms with E-state index in [0.717, 1.165) is 44.3 Å². The molecule has 0 unspecified atom stereocenters. The summed E-state index contributed by atoms with van der Waals surface area (Å²) >= 11 is 0. The van der Waals surface area contributed by atoms with Crippen molar-refractivity contribution < 1.29 is 15.4 Å². The van der Waals surface area contributed by atoms with Crippen molar-refractivity contribution in [2.75, 3.05) is 0 Å². The summed E-state index contributed by atoms with van der Waals surface area (Å²) in [5.74, 6) is 0.703. The Balaban J connectivity index is 1.24. The first-order valence-corrected chi connectivity index (χ1v) is 17.5. The maximum Gasteiger partial charge on any atom is 0.136 e. The van der Waals surface area contributed by atoms with Crippen molar-refractivity contribution in [3.8, 4) is 67.0 Å². The van der Waals surface area contributed by atoms with Gasteiger partial charge >= 0.3 is 0 Å². The molecule has 0 N–H and O–H groups in total. The molecule has 0 amide bonds. The molecule has 10 aromatic rings. The summed E-state index contributed by atoms with van der Waals surface area (Å²) in [6.45, 7) is 0. The Labute approximate surface area is 320 Å². The average molecular weight is 683 g/mol. The van der Waals surface area contributed by atoms with Crippen molar-refractivity contribution in [3.05, 3.63) is 206 Å². The highest BCUT2D eigenvalue weighted by atomic mass is 16.3. The smallest absolute Gasteiger partial charge is 0.136 e. The van der Waals surface area contributed by atoms with Crippen LogP contribution in [-0.2, 0) is 0 Å². The Morgan fingerprint density at radius 1 is 0.321 bits per heavy atom. The Hall–Kier alpha value is -6.96. The third-order valence-electron chi connectivity index (χ3n) is 9.96. The normalized spacial score (nSPS) is 13.5. The van der Waals surface area contributed by atoms with Crippen LogP contribution >= 0.6 is 0 Å². The minimum atomic E-state index is -0.438. The fourth-order valence-electron chi connectivity index (χ4n) is 7.52. The SMILES string of the molecule is [2H]c1c([2H])c([2H])c2c(-c3cccc(-c4cccc5oc(-c6ccccc6-c6ccccc6)cc45)c3)c3c([2H])c([2H])c([2H])c([2H])c3c(-c3ccc(-c4ccccc4)cc3)c2c1[2H]. The number of rotatable bonds is 6. The monoisotopic (exact) mass is 682 g/mol. The molecule has 0 aliphatic carbocycles. The summed E-state index contributed by atoms with van der Waals surface area (Å²) in [6.07, 6.45) is 0. The van der Waals surface area contributed by atoms with Crippen LogP contribution < -0.4 is 0 Å². The van der Waals surface area contributed by atoms with Gasteiger partial charge in [-0.3, -0.25) is 0 Å². The molecule has 0 atom stereocenters. The van der Waals surface area contributed by atoms with E-state index in [1.807, 2.05) is 140 Å². The van der Waals surface area contributed by atoms with Crippen LogP contribution in [-0.4, -0.2) is 0 Å². The van der Waals surface area contributed by atoms with Gasteiger partial charge in [0.2, 0.25) is 0 Å². The lowest BCUT2D eigenvalue weighted by atomic mass is 9.85. The highest BCUT2D eigenvalue weighted by Gasteiger charge is 2.18. The van der Waals surface area contributed by atoms with E-state index in [1.54, 1.807) is 0 Å². The standard InChI is InChI=1S/C52H34O/c1-3-15-35(16-4-1)36-29-31-38(32-30-36)51-44-23-9-11-25-46(44)52(47-26-12-10-24-45(47)51)40-20-13-19-39(33-40)42-27-14-28-49-48(42)34-50(53-49)43-22-8-7-21-41(43)37-17-5-2-6-18-37/h1-34H/i9D,10D,11D,12D,23D,24D,25D,26D. The van der Waals surface area contributed by atoms with Gasteiger partial charge in [-0.15, -0.1) is 0 Å². The van der Waals surface area contributed by atoms with Crippen LogP contribution in [0.3, 0.4) is 0 Å². The highest BCUT2D eigenvalue weighted by molar-refractivity contribution is 6.21. The number of furan rings is 1. The summed E-state index contributed by atoms with van der Waals surface area (Å²) in [7, 11) is 0. The lowest BCUT2D eigenvalue weighted by molar-refractivity contribution is 0.632. The predicted molar refractivity (Wildman–Crippen MR) is 224 cm³/mol. The molecular formula is C52H34O. The van der Waals surface area contributed by atoms with Gasteiger partial charge < -0.3 is 4.42 Å². The van der Waals surface area contributed by atoms with Crippen molar-refractivity contribution in [1.82, 2.24) is 0 Å². The summed E-state index contributed by atoms with van der Waals surface area (Å²) in [5.41, 5.74) is 8.99. The molecule has 1 heterocycles. The van der Waals surface area contributed by atoms with E-state index < -0.39 is 24.2 Å². The van der Waals surface area contributed by atoms with Crippen LogP contribution in [0.4, 0.5) is 0 Å². The summed E-state index contributed by atoms with van der Waals surface area (Å²) < 4.78 is 79.4. The van der Waals surface area contributed by atoms with Gasteiger partial charge in [0, 0.05) is 10.9 Å². The highest BCUT2D eigenvalue weighted by Crippen LogP contribution is 2.45. The van der Waals surface area contributed by atoms with Crippen molar-refractivity contribution in [1.29, 1.82) is 0 Å². The van der Waals surface area contributed by atoms with E-state index in [2.05, 4.69) is 18.2 Å². The molecule has 248 valence electrons. The molecule has 0 bridgehead atoms. The van der Waals surface area contributed by atoms with E-state index in [-0.39, 0.29) is 45.7 Å². The van der Waals surface area contributed by atoms with Crippen LogP contribution in [0.25, 0.3) is 99.5 Å². The van der Waals surface area contributed by atoms with Crippen LogP contribution in [0, 0.1) is 0 Å². The van der Waals surface area contributed by atoms with Gasteiger partial charge in [-0.1, -0.05) is 188 Å². The van der Waals surface area contributed by atoms with Gasteiger partial charge in [0.15, 0.2) is 0 Å². The molecular weight excluding hydrogens is 641 g/mol. The van der Waals surface area contributed by atoms with Gasteiger partial charge in [0.05, 0.1) is 11.0 Å². The van der Waals surface area contributed by atoms with Crippen molar-refractivity contribution in [3.63, 3.8) is 0 Å². The van der Waals surface area contributed by atoms with E-state index in [4.69, 9.17) is 9.90 Å². The van der Waals surface area contributed by atoms with E-state index in [9.17, 15) is 5.48 Å². The summed E-state index contributed by atoms with van der Waals surface area (Å²) in [4.78, 5) is 0. The maximum atomic E-state index is 9.41. The second kappa shape index (κ2) is 13.0. The zero-order valence-electron chi connectivity index (χ0n) is 36.4. The lowest BCUT2D eigenvalue weighted by Gasteiger charge is -2.18. The number of fused-ring (bicyclic) bond motifs is 3. The van der Waals surface area contributed by atoms with E-state index in [1.165, 1.54) is 0 Å². The molecule has 1 nitrogen and oxygen atoms in total. The molecule has 0 radical (unpaired) electrons. The summed E-state index contributed by atoms with van der Waals surface area (Å²) in [6, 6.07) is 48.1. The Morgan fingerprint density at radius 2 is 0.792 bits per heavy atom. The zero-order valence-corrected chi connectivity index (χ0v) is 28.4. The first-order chi connectivity index (χ1) is 29.6. The van der Waals surface area contributed by atoms with Crippen molar-refractivity contribution in [2.45, 2.75) is 0 Å².